The average Bonchev–Trinajstić information content (AvgIpc) is 3.08. The second-order valence-corrected chi connectivity index (χ2v) is 5.73. The predicted molar refractivity (Wildman–Crippen MR) is 74.7 cm³/mol. The van der Waals surface area contributed by atoms with Gasteiger partial charge in [0.2, 0.25) is 5.95 Å². The fraction of sp³-hybridized carbons (Fsp3) is 0.500. The van der Waals surface area contributed by atoms with Crippen LogP contribution < -0.4 is 10.6 Å². The van der Waals surface area contributed by atoms with E-state index in [1.807, 2.05) is 25.4 Å². The molecule has 96 valence electrons. The third kappa shape index (κ3) is 2.10. The first-order valence-electron chi connectivity index (χ1n) is 6.14. The first kappa shape index (κ1) is 11.9. The Morgan fingerprint density at radius 1 is 1.56 bits per heavy atom. The highest BCUT2D eigenvalue weighted by Crippen LogP contribution is 2.35. The molecule has 6 heteroatoms. The Morgan fingerprint density at radius 3 is 3.00 bits per heavy atom. The average molecular weight is 310 g/mol. The topological polar surface area (TPSA) is 59.5 Å². The molecular formula is C12H16BrN5. The zero-order valence-corrected chi connectivity index (χ0v) is 11.8. The summed E-state index contributed by atoms with van der Waals surface area (Å²) in [5, 5.41) is 4.50. The highest BCUT2D eigenvalue weighted by atomic mass is 79.9. The van der Waals surface area contributed by atoms with E-state index in [1.54, 1.807) is 4.52 Å². The van der Waals surface area contributed by atoms with Crippen molar-refractivity contribution in [2.45, 2.75) is 18.9 Å². The summed E-state index contributed by atoms with van der Waals surface area (Å²) in [5.74, 6) is 1.45. The van der Waals surface area contributed by atoms with E-state index in [-0.39, 0.29) is 0 Å². The molecule has 0 aromatic carbocycles. The van der Waals surface area contributed by atoms with Crippen LogP contribution in [0.15, 0.2) is 22.8 Å². The SMILES string of the molecule is CN(c1nc2ccc(Br)cn2n1)C(CN)C1CC1. The molecule has 18 heavy (non-hydrogen) atoms. The number of anilines is 1. The van der Waals surface area contributed by atoms with Gasteiger partial charge in [-0.1, -0.05) is 0 Å². The van der Waals surface area contributed by atoms with Crippen LogP contribution in [0.5, 0.6) is 0 Å². The summed E-state index contributed by atoms with van der Waals surface area (Å²) in [6.07, 6.45) is 4.45. The van der Waals surface area contributed by atoms with E-state index < -0.39 is 0 Å². The predicted octanol–water partition coefficient (Wildman–Crippen LogP) is 1.67. The zero-order valence-electron chi connectivity index (χ0n) is 10.3. The number of likely N-dealkylation sites (N-methyl/N-ethyl adjacent to an activating group) is 1. The van der Waals surface area contributed by atoms with Gasteiger partial charge in [-0.15, -0.1) is 5.10 Å². The Kier molecular flexibility index (Phi) is 2.99. The highest BCUT2D eigenvalue weighted by Gasteiger charge is 2.34. The van der Waals surface area contributed by atoms with Gasteiger partial charge in [0, 0.05) is 30.3 Å². The molecule has 0 saturated heterocycles. The number of fused-ring (bicyclic) bond motifs is 1. The minimum Gasteiger partial charge on any atom is -0.338 e. The van der Waals surface area contributed by atoms with Crippen molar-refractivity contribution in [1.82, 2.24) is 14.6 Å². The van der Waals surface area contributed by atoms with Crippen LogP contribution in [0.2, 0.25) is 0 Å². The lowest BCUT2D eigenvalue weighted by Crippen LogP contribution is -2.40. The van der Waals surface area contributed by atoms with Crippen LogP contribution in [-0.4, -0.2) is 34.2 Å². The number of halogens is 1. The Labute approximate surface area is 114 Å². The van der Waals surface area contributed by atoms with E-state index in [9.17, 15) is 0 Å². The lowest BCUT2D eigenvalue weighted by molar-refractivity contribution is 0.561. The zero-order chi connectivity index (χ0) is 12.7. The summed E-state index contributed by atoms with van der Waals surface area (Å²) < 4.78 is 2.78. The second kappa shape index (κ2) is 4.51. The maximum absolute atomic E-state index is 5.86. The second-order valence-electron chi connectivity index (χ2n) is 4.81. The summed E-state index contributed by atoms with van der Waals surface area (Å²) in [6, 6.07) is 4.27. The quantitative estimate of drug-likeness (QED) is 0.933. The molecule has 1 aliphatic rings. The number of rotatable bonds is 4. The van der Waals surface area contributed by atoms with Crippen LogP contribution in [0.4, 0.5) is 5.95 Å². The van der Waals surface area contributed by atoms with Crippen molar-refractivity contribution in [3.8, 4) is 0 Å². The van der Waals surface area contributed by atoms with E-state index in [1.165, 1.54) is 12.8 Å². The van der Waals surface area contributed by atoms with Crippen molar-refractivity contribution in [3.05, 3.63) is 22.8 Å². The smallest absolute Gasteiger partial charge is 0.245 e. The summed E-state index contributed by atoms with van der Waals surface area (Å²) in [5.41, 5.74) is 6.71. The Bertz CT molecular complexity index is 563. The van der Waals surface area contributed by atoms with E-state index in [2.05, 4.69) is 30.9 Å². The Balaban J connectivity index is 1.92. The van der Waals surface area contributed by atoms with Gasteiger partial charge in [0.25, 0.3) is 0 Å². The minimum atomic E-state index is 0.353. The third-order valence-electron chi connectivity index (χ3n) is 3.50. The number of nitrogens with zero attached hydrogens (tertiary/aromatic N) is 4. The maximum atomic E-state index is 5.86. The fourth-order valence-corrected chi connectivity index (χ4v) is 2.62. The van der Waals surface area contributed by atoms with Gasteiger partial charge in [-0.2, -0.15) is 4.98 Å². The lowest BCUT2D eigenvalue weighted by Gasteiger charge is -2.25. The van der Waals surface area contributed by atoms with Gasteiger partial charge in [-0.25, -0.2) is 4.52 Å². The molecule has 0 radical (unpaired) electrons. The van der Waals surface area contributed by atoms with Crippen LogP contribution >= 0.6 is 15.9 Å². The molecule has 1 unspecified atom stereocenters. The molecule has 1 aliphatic carbocycles. The molecule has 1 atom stereocenters. The molecule has 0 spiro atoms. The normalized spacial score (nSPS) is 17.1. The molecule has 2 N–H and O–H groups in total. The molecule has 2 aromatic heterocycles. The van der Waals surface area contributed by atoms with Crippen LogP contribution in [0, 0.1) is 5.92 Å². The fourth-order valence-electron chi connectivity index (χ4n) is 2.29. The van der Waals surface area contributed by atoms with Crippen molar-refractivity contribution in [1.29, 1.82) is 0 Å². The van der Waals surface area contributed by atoms with Gasteiger partial charge >= 0.3 is 0 Å². The van der Waals surface area contributed by atoms with Crippen molar-refractivity contribution < 1.29 is 0 Å². The number of pyridine rings is 1. The van der Waals surface area contributed by atoms with Gasteiger partial charge in [0.05, 0.1) is 0 Å². The van der Waals surface area contributed by atoms with Gasteiger partial charge < -0.3 is 10.6 Å². The molecular weight excluding hydrogens is 294 g/mol. The highest BCUT2D eigenvalue weighted by molar-refractivity contribution is 9.10. The largest absolute Gasteiger partial charge is 0.338 e. The van der Waals surface area contributed by atoms with Gasteiger partial charge in [0.15, 0.2) is 5.65 Å². The molecule has 0 bridgehead atoms. The standard InChI is InChI=1S/C12H16BrN5/c1-17(10(6-14)8-2-3-8)12-15-11-5-4-9(13)7-18(11)16-12/h4-5,7-8,10H,2-3,6,14H2,1H3. The van der Waals surface area contributed by atoms with Crippen molar-refractivity contribution in [3.63, 3.8) is 0 Å². The monoisotopic (exact) mass is 309 g/mol. The summed E-state index contributed by atoms with van der Waals surface area (Å²) in [4.78, 5) is 6.64. The van der Waals surface area contributed by atoms with Gasteiger partial charge in [-0.3, -0.25) is 0 Å². The van der Waals surface area contributed by atoms with Crippen LogP contribution in [0.1, 0.15) is 12.8 Å². The van der Waals surface area contributed by atoms with Crippen molar-refractivity contribution in [2.24, 2.45) is 11.7 Å². The number of nitrogens with two attached hydrogens (primary N) is 1. The molecule has 2 aromatic rings. The van der Waals surface area contributed by atoms with E-state index in [0.29, 0.717) is 18.5 Å². The molecule has 0 aliphatic heterocycles. The van der Waals surface area contributed by atoms with E-state index in [4.69, 9.17) is 5.73 Å². The van der Waals surface area contributed by atoms with Crippen molar-refractivity contribution >= 4 is 27.5 Å². The summed E-state index contributed by atoms with van der Waals surface area (Å²) in [7, 11) is 2.03. The molecule has 3 rings (SSSR count). The molecule has 1 saturated carbocycles. The Morgan fingerprint density at radius 2 is 2.33 bits per heavy atom. The van der Waals surface area contributed by atoms with E-state index >= 15 is 0 Å². The number of hydrogen-bond donors (Lipinski definition) is 1. The third-order valence-corrected chi connectivity index (χ3v) is 3.97. The number of hydrogen-bond acceptors (Lipinski definition) is 4. The van der Waals surface area contributed by atoms with E-state index in [0.717, 1.165) is 16.1 Å². The first-order chi connectivity index (χ1) is 8.69. The van der Waals surface area contributed by atoms with Gasteiger partial charge in [-0.05, 0) is 46.8 Å². The van der Waals surface area contributed by atoms with Crippen LogP contribution in [0.25, 0.3) is 5.65 Å². The Hall–Kier alpha value is -1.14. The first-order valence-corrected chi connectivity index (χ1v) is 6.93. The molecule has 5 nitrogen and oxygen atoms in total. The molecule has 2 heterocycles. The van der Waals surface area contributed by atoms with Crippen LogP contribution in [0.3, 0.4) is 0 Å². The minimum absolute atomic E-state index is 0.353. The summed E-state index contributed by atoms with van der Waals surface area (Å²) in [6.45, 7) is 0.653. The van der Waals surface area contributed by atoms with Crippen molar-refractivity contribution in [2.75, 3.05) is 18.5 Å². The van der Waals surface area contributed by atoms with Gasteiger partial charge in [0.1, 0.15) is 0 Å². The number of aromatic nitrogens is 3. The summed E-state index contributed by atoms with van der Waals surface area (Å²) >= 11 is 3.43. The van der Waals surface area contributed by atoms with Crippen LogP contribution in [-0.2, 0) is 0 Å². The molecule has 0 amide bonds. The lowest BCUT2D eigenvalue weighted by atomic mass is 10.2. The maximum Gasteiger partial charge on any atom is 0.245 e. The molecule has 1 fully saturated rings.